The Labute approximate surface area is 92.3 Å². The zero-order chi connectivity index (χ0) is 10.3. The molecule has 0 unspecified atom stereocenters. The summed E-state index contributed by atoms with van der Waals surface area (Å²) in [5, 5.41) is 0. The smallest absolute Gasteiger partial charge is 0.261 e. The van der Waals surface area contributed by atoms with Crippen molar-refractivity contribution in [1.82, 2.24) is 4.98 Å². The number of thiazole rings is 1. The molecule has 0 aromatic carbocycles. The standard InChI is InChI=1S/C7H7N3OS3/c1-12-7-10-6-4(14-7)2(8)3(13-6)5(9)11/h8H2,1H3,(H2,9,11). The van der Waals surface area contributed by atoms with Crippen LogP contribution in [0.5, 0.6) is 0 Å². The Bertz CT molecular complexity index is 501. The minimum absolute atomic E-state index is 0.409. The summed E-state index contributed by atoms with van der Waals surface area (Å²) in [4.78, 5) is 16.5. The molecule has 0 spiro atoms. The summed E-state index contributed by atoms with van der Waals surface area (Å²) in [6.45, 7) is 0. The second-order valence-electron chi connectivity index (χ2n) is 2.53. The van der Waals surface area contributed by atoms with E-state index in [0.717, 1.165) is 13.9 Å². The number of aromatic nitrogens is 1. The number of nitrogens with two attached hydrogens (primary N) is 2. The second kappa shape index (κ2) is 3.41. The van der Waals surface area contributed by atoms with Gasteiger partial charge in [-0.1, -0.05) is 11.8 Å². The van der Waals surface area contributed by atoms with Crippen LogP contribution in [0.1, 0.15) is 9.67 Å². The molecule has 4 N–H and O–H groups in total. The van der Waals surface area contributed by atoms with Gasteiger partial charge in [0.1, 0.15) is 9.71 Å². The van der Waals surface area contributed by atoms with Gasteiger partial charge in [0.2, 0.25) is 0 Å². The summed E-state index contributed by atoms with van der Waals surface area (Å²) in [6, 6.07) is 0. The van der Waals surface area contributed by atoms with Gasteiger partial charge in [-0.25, -0.2) is 4.98 Å². The monoisotopic (exact) mass is 245 g/mol. The van der Waals surface area contributed by atoms with Crippen LogP contribution < -0.4 is 11.5 Å². The number of amides is 1. The van der Waals surface area contributed by atoms with Gasteiger partial charge in [-0.05, 0) is 6.26 Å². The summed E-state index contributed by atoms with van der Waals surface area (Å²) in [6.07, 6.45) is 1.95. The number of thiophene rings is 1. The highest BCUT2D eigenvalue weighted by molar-refractivity contribution is 8.00. The summed E-state index contributed by atoms with van der Waals surface area (Å²) >= 11 is 4.31. The average molecular weight is 245 g/mol. The number of nitrogen functional groups attached to an aromatic ring is 1. The molecule has 2 heterocycles. The van der Waals surface area contributed by atoms with Gasteiger partial charge in [0.05, 0.1) is 10.4 Å². The first-order valence-electron chi connectivity index (χ1n) is 3.66. The van der Waals surface area contributed by atoms with Crippen LogP contribution >= 0.6 is 34.4 Å². The number of fused-ring (bicyclic) bond motifs is 1. The van der Waals surface area contributed by atoms with Crippen LogP contribution in [0.25, 0.3) is 9.53 Å². The first-order valence-corrected chi connectivity index (χ1v) is 6.52. The summed E-state index contributed by atoms with van der Waals surface area (Å²) in [5.41, 5.74) is 11.4. The van der Waals surface area contributed by atoms with Crippen molar-refractivity contribution in [2.75, 3.05) is 12.0 Å². The van der Waals surface area contributed by atoms with E-state index in [1.807, 2.05) is 6.26 Å². The third-order valence-corrected chi connectivity index (χ3v) is 4.98. The van der Waals surface area contributed by atoms with E-state index in [4.69, 9.17) is 11.5 Å². The normalized spacial score (nSPS) is 10.9. The molecule has 7 heteroatoms. The van der Waals surface area contributed by atoms with Gasteiger partial charge < -0.3 is 11.5 Å². The molecule has 0 bridgehead atoms. The van der Waals surface area contributed by atoms with Gasteiger partial charge in [-0.3, -0.25) is 4.79 Å². The Kier molecular flexibility index (Phi) is 2.38. The molecule has 2 aromatic heterocycles. The Morgan fingerprint density at radius 3 is 2.71 bits per heavy atom. The van der Waals surface area contributed by atoms with Gasteiger partial charge in [0.15, 0.2) is 4.34 Å². The van der Waals surface area contributed by atoms with Crippen LogP contribution in [0.3, 0.4) is 0 Å². The number of primary amides is 1. The number of hydrogen-bond donors (Lipinski definition) is 2. The molecule has 0 radical (unpaired) electrons. The highest BCUT2D eigenvalue weighted by Gasteiger charge is 2.17. The van der Waals surface area contributed by atoms with E-state index in [2.05, 4.69) is 4.98 Å². The first kappa shape index (κ1) is 9.75. The maximum Gasteiger partial charge on any atom is 0.261 e. The maximum absolute atomic E-state index is 11.0. The molecule has 1 amide bonds. The Morgan fingerprint density at radius 2 is 2.21 bits per heavy atom. The molecule has 0 aliphatic carbocycles. The van der Waals surface area contributed by atoms with Gasteiger partial charge in [0, 0.05) is 0 Å². The number of carbonyl (C=O) groups excluding carboxylic acids is 1. The predicted molar refractivity (Wildman–Crippen MR) is 62.2 cm³/mol. The predicted octanol–water partition coefficient (Wildman–Crippen LogP) is 1.76. The lowest BCUT2D eigenvalue weighted by Gasteiger charge is -1.90. The number of anilines is 1. The molecule has 2 aromatic rings. The Hall–Kier alpha value is -0.790. The van der Waals surface area contributed by atoms with Gasteiger partial charge >= 0.3 is 0 Å². The number of rotatable bonds is 2. The second-order valence-corrected chi connectivity index (χ2v) is 5.58. The molecule has 0 saturated carbocycles. The summed E-state index contributed by atoms with van der Waals surface area (Å²) in [7, 11) is 0. The van der Waals surface area contributed by atoms with E-state index in [9.17, 15) is 4.79 Å². The SMILES string of the molecule is CSc1nc2sc(C(N)=O)c(N)c2s1. The molecule has 0 saturated heterocycles. The molecule has 0 aliphatic rings. The lowest BCUT2D eigenvalue weighted by molar-refractivity contribution is 0.100. The highest BCUT2D eigenvalue weighted by Crippen LogP contribution is 2.39. The minimum Gasteiger partial charge on any atom is -0.396 e. The number of thioether (sulfide) groups is 1. The minimum atomic E-state index is -0.483. The van der Waals surface area contributed by atoms with Crippen molar-refractivity contribution >= 4 is 55.6 Å². The fraction of sp³-hybridized carbons (Fsp3) is 0.143. The van der Waals surface area contributed by atoms with E-state index in [0.29, 0.717) is 10.6 Å². The number of hydrogen-bond acceptors (Lipinski definition) is 6. The van der Waals surface area contributed by atoms with Crippen molar-refractivity contribution in [3.63, 3.8) is 0 Å². The van der Waals surface area contributed by atoms with Gasteiger partial charge in [0.25, 0.3) is 5.91 Å². The maximum atomic E-state index is 11.0. The first-order chi connectivity index (χ1) is 6.63. The van der Waals surface area contributed by atoms with E-state index < -0.39 is 5.91 Å². The van der Waals surface area contributed by atoms with Gasteiger partial charge in [-0.15, -0.1) is 22.7 Å². The van der Waals surface area contributed by atoms with Gasteiger partial charge in [-0.2, -0.15) is 0 Å². The van der Waals surface area contributed by atoms with E-state index >= 15 is 0 Å². The van der Waals surface area contributed by atoms with Crippen LogP contribution in [0.2, 0.25) is 0 Å². The van der Waals surface area contributed by atoms with Crippen molar-refractivity contribution in [1.29, 1.82) is 0 Å². The molecule has 0 fully saturated rings. The summed E-state index contributed by atoms with van der Waals surface area (Å²) in [5.74, 6) is -0.483. The van der Waals surface area contributed by atoms with Crippen molar-refractivity contribution in [2.24, 2.45) is 5.73 Å². The fourth-order valence-corrected chi connectivity index (χ4v) is 3.75. The topological polar surface area (TPSA) is 82.0 Å². The number of carbonyl (C=O) groups is 1. The highest BCUT2D eigenvalue weighted by atomic mass is 32.2. The van der Waals surface area contributed by atoms with Crippen LogP contribution in [0.15, 0.2) is 4.34 Å². The third kappa shape index (κ3) is 1.37. The molecular weight excluding hydrogens is 238 g/mol. The lowest BCUT2D eigenvalue weighted by atomic mass is 10.4. The van der Waals surface area contributed by atoms with E-state index in [1.165, 1.54) is 22.7 Å². The molecule has 14 heavy (non-hydrogen) atoms. The quantitative estimate of drug-likeness (QED) is 0.790. The molecule has 74 valence electrons. The zero-order valence-electron chi connectivity index (χ0n) is 7.23. The average Bonchev–Trinajstić information content (AvgIpc) is 2.65. The van der Waals surface area contributed by atoms with E-state index in [-0.39, 0.29) is 0 Å². The van der Waals surface area contributed by atoms with Crippen LogP contribution in [-0.2, 0) is 0 Å². The number of nitrogens with zero attached hydrogens (tertiary/aromatic N) is 1. The molecular formula is C7H7N3OS3. The Balaban J connectivity index is 2.66. The van der Waals surface area contributed by atoms with Crippen LogP contribution in [0.4, 0.5) is 5.69 Å². The lowest BCUT2D eigenvalue weighted by Crippen LogP contribution is -2.10. The van der Waals surface area contributed by atoms with Crippen molar-refractivity contribution in [2.45, 2.75) is 4.34 Å². The summed E-state index contributed by atoms with van der Waals surface area (Å²) < 4.78 is 1.82. The van der Waals surface area contributed by atoms with Crippen molar-refractivity contribution < 1.29 is 4.79 Å². The molecule has 4 nitrogen and oxygen atoms in total. The zero-order valence-corrected chi connectivity index (χ0v) is 9.68. The Morgan fingerprint density at radius 1 is 1.50 bits per heavy atom. The van der Waals surface area contributed by atoms with Crippen LogP contribution in [-0.4, -0.2) is 17.1 Å². The van der Waals surface area contributed by atoms with Crippen molar-refractivity contribution in [3.8, 4) is 0 Å². The molecule has 0 aliphatic heterocycles. The molecule has 2 rings (SSSR count). The largest absolute Gasteiger partial charge is 0.396 e. The third-order valence-electron chi connectivity index (χ3n) is 1.66. The molecule has 0 atom stereocenters. The fourth-order valence-electron chi connectivity index (χ4n) is 1.05. The van der Waals surface area contributed by atoms with E-state index in [1.54, 1.807) is 11.8 Å². The van der Waals surface area contributed by atoms with Crippen molar-refractivity contribution in [3.05, 3.63) is 4.88 Å². The van der Waals surface area contributed by atoms with Crippen LogP contribution in [0, 0.1) is 0 Å².